The number of aromatic nitrogens is 1. The SMILES string of the molecule is O=C(O)c1cc(-c2ccc(NS(=O)(=O)c3cccs3)cc2)nc2ccccc12. The molecular formula is C20H14N2O4S2. The highest BCUT2D eigenvalue weighted by atomic mass is 32.2. The number of carboxylic acid groups (broad SMARTS) is 1. The van der Waals surface area contributed by atoms with Crippen LogP contribution in [0.3, 0.4) is 0 Å². The number of carboxylic acids is 1. The van der Waals surface area contributed by atoms with Gasteiger partial charge in [-0.3, -0.25) is 4.72 Å². The number of aromatic carboxylic acids is 1. The minimum atomic E-state index is -3.62. The molecule has 0 atom stereocenters. The summed E-state index contributed by atoms with van der Waals surface area (Å²) < 4.78 is 27.4. The van der Waals surface area contributed by atoms with Crippen molar-refractivity contribution in [3.63, 3.8) is 0 Å². The van der Waals surface area contributed by atoms with E-state index in [-0.39, 0.29) is 9.77 Å². The first-order chi connectivity index (χ1) is 13.4. The lowest BCUT2D eigenvalue weighted by Crippen LogP contribution is -2.11. The van der Waals surface area contributed by atoms with Gasteiger partial charge in [-0.1, -0.05) is 36.4 Å². The van der Waals surface area contributed by atoms with Gasteiger partial charge in [-0.05, 0) is 35.7 Å². The molecule has 6 nitrogen and oxygen atoms in total. The van der Waals surface area contributed by atoms with E-state index in [0.717, 1.165) is 11.3 Å². The third-order valence-electron chi connectivity index (χ3n) is 4.14. The molecule has 2 aromatic heterocycles. The quantitative estimate of drug-likeness (QED) is 0.506. The monoisotopic (exact) mass is 410 g/mol. The fourth-order valence-corrected chi connectivity index (χ4v) is 4.88. The number of rotatable bonds is 5. The van der Waals surface area contributed by atoms with Gasteiger partial charge >= 0.3 is 5.97 Å². The molecule has 0 saturated carbocycles. The number of carbonyl (C=O) groups is 1. The van der Waals surface area contributed by atoms with Crippen LogP contribution < -0.4 is 4.72 Å². The van der Waals surface area contributed by atoms with Crippen LogP contribution in [0.2, 0.25) is 0 Å². The topological polar surface area (TPSA) is 96.4 Å². The standard InChI is InChI=1S/C20H14N2O4S2/c23-20(24)16-12-18(21-17-5-2-1-4-15(16)17)13-7-9-14(10-8-13)22-28(25,26)19-6-3-11-27-19/h1-12,22H,(H,23,24). The van der Waals surface area contributed by atoms with Gasteiger partial charge in [0.25, 0.3) is 10.0 Å². The van der Waals surface area contributed by atoms with E-state index in [1.165, 1.54) is 12.1 Å². The van der Waals surface area contributed by atoms with Gasteiger partial charge in [0.1, 0.15) is 4.21 Å². The van der Waals surface area contributed by atoms with Gasteiger partial charge in [-0.2, -0.15) is 0 Å². The van der Waals surface area contributed by atoms with Gasteiger partial charge in [-0.25, -0.2) is 18.2 Å². The van der Waals surface area contributed by atoms with Gasteiger partial charge in [0.05, 0.1) is 16.8 Å². The average Bonchev–Trinajstić information content (AvgIpc) is 3.23. The molecule has 0 aliphatic heterocycles. The maximum Gasteiger partial charge on any atom is 0.336 e. The fourth-order valence-electron chi connectivity index (χ4n) is 2.83. The molecule has 0 spiro atoms. The van der Waals surface area contributed by atoms with E-state index in [9.17, 15) is 18.3 Å². The van der Waals surface area contributed by atoms with Crippen molar-refractivity contribution in [2.45, 2.75) is 4.21 Å². The number of hydrogen-bond donors (Lipinski definition) is 2. The van der Waals surface area contributed by atoms with Crippen molar-refractivity contribution < 1.29 is 18.3 Å². The number of anilines is 1. The molecule has 4 rings (SSSR count). The minimum absolute atomic E-state index is 0.170. The molecule has 2 aromatic carbocycles. The third-order valence-corrected chi connectivity index (χ3v) is 6.92. The number of fused-ring (bicyclic) bond motifs is 1. The van der Waals surface area contributed by atoms with Crippen LogP contribution in [0.1, 0.15) is 10.4 Å². The van der Waals surface area contributed by atoms with Gasteiger partial charge in [0, 0.05) is 16.6 Å². The molecule has 2 N–H and O–H groups in total. The van der Waals surface area contributed by atoms with Crippen molar-refractivity contribution >= 4 is 43.9 Å². The van der Waals surface area contributed by atoms with Crippen LogP contribution in [0.15, 0.2) is 76.3 Å². The first kappa shape index (κ1) is 18.1. The molecule has 0 radical (unpaired) electrons. The second kappa shape index (κ2) is 7.06. The minimum Gasteiger partial charge on any atom is -0.478 e. The van der Waals surface area contributed by atoms with Crippen molar-refractivity contribution in [2.24, 2.45) is 0 Å². The summed E-state index contributed by atoms with van der Waals surface area (Å²) in [7, 11) is -3.62. The van der Waals surface area contributed by atoms with Crippen molar-refractivity contribution in [3.05, 3.63) is 77.7 Å². The molecule has 0 aliphatic rings. The van der Waals surface area contributed by atoms with Gasteiger partial charge in [0.15, 0.2) is 0 Å². The first-order valence-corrected chi connectivity index (χ1v) is 10.6. The molecule has 140 valence electrons. The van der Waals surface area contributed by atoms with E-state index in [4.69, 9.17) is 0 Å². The van der Waals surface area contributed by atoms with Crippen LogP contribution in [0.4, 0.5) is 5.69 Å². The lowest BCUT2D eigenvalue weighted by Gasteiger charge is -2.09. The summed E-state index contributed by atoms with van der Waals surface area (Å²) in [6.07, 6.45) is 0. The Morgan fingerprint density at radius 2 is 1.75 bits per heavy atom. The van der Waals surface area contributed by atoms with E-state index in [1.807, 2.05) is 0 Å². The molecule has 0 bridgehead atoms. The van der Waals surface area contributed by atoms with Crippen LogP contribution in [0.25, 0.3) is 22.2 Å². The zero-order valence-corrected chi connectivity index (χ0v) is 16.0. The Morgan fingerprint density at radius 3 is 2.43 bits per heavy atom. The smallest absolute Gasteiger partial charge is 0.336 e. The fraction of sp³-hybridized carbons (Fsp3) is 0. The average molecular weight is 410 g/mol. The van der Waals surface area contributed by atoms with Crippen LogP contribution >= 0.6 is 11.3 Å². The molecule has 0 fully saturated rings. The van der Waals surface area contributed by atoms with Crippen LogP contribution in [-0.2, 0) is 10.0 Å². The first-order valence-electron chi connectivity index (χ1n) is 8.24. The predicted molar refractivity (Wildman–Crippen MR) is 109 cm³/mol. The summed E-state index contributed by atoms with van der Waals surface area (Å²) in [5.74, 6) is -1.03. The summed E-state index contributed by atoms with van der Waals surface area (Å²) in [5, 5.41) is 11.8. The van der Waals surface area contributed by atoms with E-state index < -0.39 is 16.0 Å². The Balaban J connectivity index is 1.69. The van der Waals surface area contributed by atoms with E-state index in [1.54, 1.807) is 60.0 Å². The number of thiophene rings is 1. The zero-order valence-electron chi connectivity index (χ0n) is 14.4. The van der Waals surface area contributed by atoms with Crippen LogP contribution in [-0.4, -0.2) is 24.5 Å². The summed E-state index contributed by atoms with van der Waals surface area (Å²) in [5.41, 5.74) is 2.36. The number of nitrogens with one attached hydrogen (secondary N) is 1. The number of sulfonamides is 1. The molecule has 4 aromatic rings. The van der Waals surface area contributed by atoms with Gasteiger partial charge in [0.2, 0.25) is 0 Å². The Labute approximate surface area is 165 Å². The lowest BCUT2D eigenvalue weighted by atomic mass is 10.0. The Bertz CT molecular complexity index is 1270. The number of para-hydroxylation sites is 1. The molecule has 8 heteroatoms. The maximum atomic E-state index is 12.3. The van der Waals surface area contributed by atoms with Crippen LogP contribution in [0.5, 0.6) is 0 Å². The predicted octanol–water partition coefficient (Wildman–Crippen LogP) is 4.46. The Kier molecular flexibility index (Phi) is 4.58. The zero-order chi connectivity index (χ0) is 19.7. The highest BCUT2D eigenvalue weighted by Crippen LogP contribution is 2.27. The van der Waals surface area contributed by atoms with Crippen molar-refractivity contribution in [1.82, 2.24) is 4.98 Å². The molecular weight excluding hydrogens is 396 g/mol. The molecule has 0 aliphatic carbocycles. The summed E-state index contributed by atoms with van der Waals surface area (Å²) in [4.78, 5) is 16.2. The van der Waals surface area contributed by atoms with Crippen molar-refractivity contribution in [3.8, 4) is 11.3 Å². The largest absolute Gasteiger partial charge is 0.478 e. The second-order valence-corrected chi connectivity index (χ2v) is 8.85. The maximum absolute atomic E-state index is 12.3. The van der Waals surface area contributed by atoms with Crippen molar-refractivity contribution in [1.29, 1.82) is 0 Å². The molecule has 0 saturated heterocycles. The van der Waals surface area contributed by atoms with E-state index in [0.29, 0.717) is 27.8 Å². The van der Waals surface area contributed by atoms with Gasteiger partial charge < -0.3 is 5.11 Å². The third kappa shape index (κ3) is 3.47. The lowest BCUT2D eigenvalue weighted by molar-refractivity contribution is 0.0699. The normalized spacial score (nSPS) is 11.4. The van der Waals surface area contributed by atoms with Crippen molar-refractivity contribution in [2.75, 3.05) is 4.72 Å². The van der Waals surface area contributed by atoms with E-state index in [2.05, 4.69) is 9.71 Å². The number of benzene rings is 2. The van der Waals surface area contributed by atoms with Crippen LogP contribution in [0, 0.1) is 0 Å². The number of hydrogen-bond acceptors (Lipinski definition) is 5. The molecule has 0 amide bonds. The molecule has 28 heavy (non-hydrogen) atoms. The second-order valence-electron chi connectivity index (χ2n) is 5.99. The highest BCUT2D eigenvalue weighted by molar-refractivity contribution is 7.94. The highest BCUT2D eigenvalue weighted by Gasteiger charge is 2.16. The Hall–Kier alpha value is -3.23. The Morgan fingerprint density at radius 1 is 1.00 bits per heavy atom. The van der Waals surface area contributed by atoms with Gasteiger partial charge in [-0.15, -0.1) is 11.3 Å². The molecule has 0 unspecified atom stereocenters. The summed E-state index contributed by atoms with van der Waals surface area (Å²) in [6, 6.07) is 18.4. The summed E-state index contributed by atoms with van der Waals surface area (Å²) in [6.45, 7) is 0. The number of pyridine rings is 1. The van der Waals surface area contributed by atoms with E-state index >= 15 is 0 Å². The molecule has 2 heterocycles. The summed E-state index contributed by atoms with van der Waals surface area (Å²) >= 11 is 1.14. The number of nitrogens with zero attached hydrogens (tertiary/aromatic N) is 1.